The number of nitrogens with zero attached hydrogens (tertiary/aromatic N) is 3. The zero-order valence-electron chi connectivity index (χ0n) is 14.1. The zero-order chi connectivity index (χ0) is 17.1. The van der Waals surface area contributed by atoms with Crippen molar-refractivity contribution in [3.63, 3.8) is 0 Å². The number of carbonyl (C=O) groups excluding carboxylic acids is 1. The van der Waals surface area contributed by atoms with Gasteiger partial charge < -0.3 is 10.2 Å². The largest absolute Gasteiger partial charge is 0.355 e. The first-order valence-corrected chi connectivity index (χ1v) is 9.57. The fourth-order valence-corrected chi connectivity index (χ4v) is 4.24. The smallest absolute Gasteiger partial charge is 0.219 e. The average Bonchev–Trinajstić information content (AvgIpc) is 3.05. The zero-order valence-corrected chi connectivity index (χ0v) is 15.7. The highest BCUT2D eigenvalue weighted by atomic mass is 35.5. The predicted octanol–water partition coefficient (Wildman–Crippen LogP) is 2.91. The van der Waals surface area contributed by atoms with Gasteiger partial charge in [0.2, 0.25) is 5.91 Å². The molecule has 1 fully saturated rings. The SMILES string of the molecule is CCC(=O)NCCN1CCN(c2nc3c(C)ccc(Cl)c3s2)CC1. The van der Waals surface area contributed by atoms with Crippen LogP contribution in [0.4, 0.5) is 5.13 Å². The first-order valence-electron chi connectivity index (χ1n) is 8.38. The van der Waals surface area contributed by atoms with E-state index >= 15 is 0 Å². The quantitative estimate of drug-likeness (QED) is 0.883. The molecule has 0 radical (unpaired) electrons. The minimum absolute atomic E-state index is 0.121. The molecule has 5 nitrogen and oxygen atoms in total. The molecule has 0 saturated carbocycles. The molecule has 1 amide bonds. The van der Waals surface area contributed by atoms with Crippen LogP contribution in [0.5, 0.6) is 0 Å². The highest BCUT2D eigenvalue weighted by Gasteiger charge is 2.20. The summed E-state index contributed by atoms with van der Waals surface area (Å²) in [5.41, 5.74) is 2.19. The number of hydrogen-bond donors (Lipinski definition) is 1. The molecule has 2 aromatic rings. The number of amides is 1. The highest BCUT2D eigenvalue weighted by molar-refractivity contribution is 7.22. The number of hydrogen-bond acceptors (Lipinski definition) is 5. The molecule has 1 aromatic carbocycles. The van der Waals surface area contributed by atoms with Gasteiger partial charge in [0.25, 0.3) is 0 Å². The van der Waals surface area contributed by atoms with Crippen LogP contribution in [0.25, 0.3) is 10.2 Å². The number of halogens is 1. The van der Waals surface area contributed by atoms with Crippen molar-refractivity contribution in [2.45, 2.75) is 20.3 Å². The Labute approximate surface area is 151 Å². The Morgan fingerprint density at radius 2 is 2.08 bits per heavy atom. The van der Waals surface area contributed by atoms with Gasteiger partial charge in [-0.3, -0.25) is 9.69 Å². The second-order valence-corrected chi connectivity index (χ2v) is 7.46. The van der Waals surface area contributed by atoms with Gasteiger partial charge in [-0.05, 0) is 18.6 Å². The van der Waals surface area contributed by atoms with E-state index < -0.39 is 0 Å². The Balaban J connectivity index is 1.58. The fourth-order valence-electron chi connectivity index (χ4n) is 2.87. The molecule has 0 unspecified atom stereocenters. The maximum absolute atomic E-state index is 11.3. The monoisotopic (exact) mass is 366 g/mol. The van der Waals surface area contributed by atoms with E-state index in [1.165, 1.54) is 5.56 Å². The van der Waals surface area contributed by atoms with Gasteiger partial charge in [-0.2, -0.15) is 0 Å². The summed E-state index contributed by atoms with van der Waals surface area (Å²) in [6.07, 6.45) is 0.549. The van der Waals surface area contributed by atoms with Crippen molar-refractivity contribution in [2.75, 3.05) is 44.2 Å². The molecule has 0 spiro atoms. The van der Waals surface area contributed by atoms with E-state index in [-0.39, 0.29) is 5.91 Å². The molecular weight excluding hydrogens is 344 g/mol. The van der Waals surface area contributed by atoms with Crippen LogP contribution < -0.4 is 10.2 Å². The van der Waals surface area contributed by atoms with E-state index in [0.717, 1.165) is 59.6 Å². The molecule has 1 N–H and O–H groups in total. The Hall–Kier alpha value is -1.37. The summed E-state index contributed by atoms with van der Waals surface area (Å²) in [4.78, 5) is 20.8. The Bertz CT molecular complexity index is 686. The lowest BCUT2D eigenvalue weighted by atomic mass is 10.2. The van der Waals surface area contributed by atoms with E-state index in [0.29, 0.717) is 6.42 Å². The molecule has 0 aliphatic carbocycles. The number of carbonyl (C=O) groups is 1. The van der Waals surface area contributed by atoms with Crippen LogP contribution in [0.3, 0.4) is 0 Å². The molecule has 7 heteroatoms. The first kappa shape index (κ1) is 17.5. The second kappa shape index (κ2) is 7.68. The van der Waals surface area contributed by atoms with Crippen molar-refractivity contribution < 1.29 is 4.79 Å². The van der Waals surface area contributed by atoms with Crippen LogP contribution >= 0.6 is 22.9 Å². The van der Waals surface area contributed by atoms with Crippen molar-refractivity contribution in [1.82, 2.24) is 15.2 Å². The number of piperazine rings is 1. The van der Waals surface area contributed by atoms with E-state index in [2.05, 4.69) is 22.0 Å². The third-order valence-corrected chi connectivity index (χ3v) is 5.98. The summed E-state index contributed by atoms with van der Waals surface area (Å²) in [6, 6.07) is 3.97. The van der Waals surface area contributed by atoms with Crippen molar-refractivity contribution in [2.24, 2.45) is 0 Å². The fraction of sp³-hybridized carbons (Fsp3) is 0.529. The van der Waals surface area contributed by atoms with Crippen LogP contribution in [0.1, 0.15) is 18.9 Å². The topological polar surface area (TPSA) is 48.5 Å². The van der Waals surface area contributed by atoms with Crippen LogP contribution in [-0.2, 0) is 4.79 Å². The van der Waals surface area contributed by atoms with Gasteiger partial charge in [0, 0.05) is 45.7 Å². The summed E-state index contributed by atoms with van der Waals surface area (Å²) in [7, 11) is 0. The van der Waals surface area contributed by atoms with Crippen LogP contribution in [0.2, 0.25) is 5.02 Å². The lowest BCUT2D eigenvalue weighted by molar-refractivity contribution is -0.120. The second-order valence-electron chi connectivity index (χ2n) is 6.07. The average molecular weight is 367 g/mol. The van der Waals surface area contributed by atoms with E-state index in [1.54, 1.807) is 11.3 Å². The van der Waals surface area contributed by atoms with Gasteiger partial charge in [0.1, 0.15) is 0 Å². The van der Waals surface area contributed by atoms with E-state index in [4.69, 9.17) is 16.6 Å². The van der Waals surface area contributed by atoms with Gasteiger partial charge in [-0.15, -0.1) is 0 Å². The molecule has 130 valence electrons. The van der Waals surface area contributed by atoms with Gasteiger partial charge in [-0.1, -0.05) is 35.9 Å². The maximum Gasteiger partial charge on any atom is 0.219 e. The number of nitrogens with one attached hydrogen (secondary N) is 1. The van der Waals surface area contributed by atoms with Crippen LogP contribution in [-0.4, -0.2) is 55.1 Å². The maximum atomic E-state index is 11.3. The Morgan fingerprint density at radius 3 is 2.75 bits per heavy atom. The number of thiazole rings is 1. The third-order valence-electron chi connectivity index (χ3n) is 4.40. The number of aryl methyl sites for hydroxylation is 1. The van der Waals surface area contributed by atoms with E-state index in [1.807, 2.05) is 19.1 Å². The normalized spacial score (nSPS) is 15.9. The van der Waals surface area contributed by atoms with Gasteiger partial charge in [0.15, 0.2) is 5.13 Å². The predicted molar refractivity (Wildman–Crippen MR) is 101 cm³/mol. The number of rotatable bonds is 5. The first-order chi connectivity index (χ1) is 11.6. The summed E-state index contributed by atoms with van der Waals surface area (Å²) < 4.78 is 1.08. The molecular formula is C17H23ClN4OS. The molecule has 1 aliphatic heterocycles. The van der Waals surface area contributed by atoms with Crippen LogP contribution in [0.15, 0.2) is 12.1 Å². The van der Waals surface area contributed by atoms with Crippen molar-refractivity contribution in [3.05, 3.63) is 22.7 Å². The third kappa shape index (κ3) is 3.82. The number of aromatic nitrogens is 1. The molecule has 2 heterocycles. The standard InChI is InChI=1S/C17H23ClN4OS/c1-3-14(23)19-6-7-21-8-10-22(11-9-21)17-20-15-12(2)4-5-13(18)16(15)24-17/h4-5H,3,6-11H2,1-2H3,(H,19,23). The summed E-state index contributed by atoms with van der Waals surface area (Å²) in [5, 5.41) is 4.77. The van der Waals surface area contributed by atoms with Crippen molar-refractivity contribution in [1.29, 1.82) is 0 Å². The molecule has 3 rings (SSSR count). The Morgan fingerprint density at radius 1 is 1.33 bits per heavy atom. The minimum atomic E-state index is 0.121. The van der Waals surface area contributed by atoms with E-state index in [9.17, 15) is 4.79 Å². The van der Waals surface area contributed by atoms with Gasteiger partial charge in [-0.25, -0.2) is 4.98 Å². The number of fused-ring (bicyclic) bond motifs is 1. The number of benzene rings is 1. The summed E-state index contributed by atoms with van der Waals surface area (Å²) in [5.74, 6) is 0.121. The van der Waals surface area contributed by atoms with Gasteiger partial charge in [0.05, 0.1) is 15.2 Å². The van der Waals surface area contributed by atoms with Crippen LogP contribution in [0, 0.1) is 6.92 Å². The van der Waals surface area contributed by atoms with Crippen molar-refractivity contribution >= 4 is 44.2 Å². The Kier molecular flexibility index (Phi) is 5.58. The lowest BCUT2D eigenvalue weighted by Crippen LogP contribution is -2.48. The molecule has 0 atom stereocenters. The summed E-state index contributed by atoms with van der Waals surface area (Å²) >= 11 is 7.99. The lowest BCUT2D eigenvalue weighted by Gasteiger charge is -2.34. The molecule has 1 aromatic heterocycles. The molecule has 1 aliphatic rings. The highest BCUT2D eigenvalue weighted by Crippen LogP contribution is 2.35. The molecule has 0 bridgehead atoms. The molecule has 24 heavy (non-hydrogen) atoms. The van der Waals surface area contributed by atoms with Crippen molar-refractivity contribution in [3.8, 4) is 0 Å². The minimum Gasteiger partial charge on any atom is -0.355 e. The summed E-state index contributed by atoms with van der Waals surface area (Å²) in [6.45, 7) is 9.48. The molecule has 1 saturated heterocycles. The number of anilines is 1. The van der Waals surface area contributed by atoms with Gasteiger partial charge >= 0.3 is 0 Å².